The smallest absolute Gasteiger partial charge is 0.408 e. The van der Waals surface area contributed by atoms with E-state index in [9.17, 15) is 23.5 Å². The van der Waals surface area contributed by atoms with Crippen LogP contribution < -0.4 is 10.3 Å². The Bertz CT molecular complexity index is 1230. The molecule has 0 bridgehead atoms. The van der Waals surface area contributed by atoms with Gasteiger partial charge in [0.05, 0.1) is 19.0 Å². The number of carbonyl (C=O) groups is 1. The molecule has 1 aliphatic heterocycles. The van der Waals surface area contributed by atoms with E-state index in [1.807, 2.05) is 0 Å². The van der Waals surface area contributed by atoms with Crippen molar-refractivity contribution in [3.05, 3.63) is 34.4 Å². The number of alkyl halides is 2. The Hall–Kier alpha value is -3.17. The van der Waals surface area contributed by atoms with Crippen LogP contribution in [0, 0.1) is 5.41 Å². The quantitative estimate of drug-likeness (QED) is 0.649. The average Bonchev–Trinajstić information content (AvgIpc) is 3.16. The Balaban J connectivity index is 2.07. The van der Waals surface area contributed by atoms with Crippen LogP contribution in [0.5, 0.6) is 5.75 Å². The molecule has 1 aromatic carbocycles. The number of carboxylic acid groups (broad SMARTS) is 1. The number of hydrogen-bond donors (Lipinski definition) is 2. The molecule has 1 amide bonds. The molecular weight excluding hydrogens is 400 g/mol. The molecule has 4 rings (SSSR count). The zero-order chi connectivity index (χ0) is 22.1. The topological polar surface area (TPSA) is 109 Å². The molecule has 0 spiro atoms. The molecule has 160 valence electrons. The van der Waals surface area contributed by atoms with Crippen molar-refractivity contribution in [3.63, 3.8) is 0 Å². The summed E-state index contributed by atoms with van der Waals surface area (Å²) in [5.41, 5.74) is -2.97. The van der Waals surface area contributed by atoms with Crippen molar-refractivity contribution < 1.29 is 27.8 Å². The normalized spacial score (nSPS) is 21.5. The molecule has 3 heterocycles. The molecular formula is C20H21F2N3O5. The first kappa shape index (κ1) is 20.1. The van der Waals surface area contributed by atoms with Crippen LogP contribution in [-0.4, -0.2) is 45.6 Å². The molecule has 1 atom stereocenters. The summed E-state index contributed by atoms with van der Waals surface area (Å²) < 4.78 is 39.8. The highest BCUT2D eigenvalue weighted by Gasteiger charge is 2.64. The van der Waals surface area contributed by atoms with Gasteiger partial charge in [-0.25, -0.2) is 18.6 Å². The van der Waals surface area contributed by atoms with Gasteiger partial charge in [0, 0.05) is 6.42 Å². The van der Waals surface area contributed by atoms with Crippen LogP contribution in [-0.2, 0) is 5.54 Å². The summed E-state index contributed by atoms with van der Waals surface area (Å²) in [7, 11) is 1.48. The molecule has 0 saturated carbocycles. The zero-order valence-corrected chi connectivity index (χ0v) is 16.9. The third-order valence-corrected chi connectivity index (χ3v) is 5.76. The highest BCUT2D eigenvalue weighted by atomic mass is 19.3. The summed E-state index contributed by atoms with van der Waals surface area (Å²) in [4.78, 5) is 32.4. The van der Waals surface area contributed by atoms with Gasteiger partial charge in [-0.3, -0.25) is 9.69 Å². The van der Waals surface area contributed by atoms with Crippen molar-refractivity contribution in [1.29, 1.82) is 0 Å². The van der Waals surface area contributed by atoms with Gasteiger partial charge in [0.1, 0.15) is 28.2 Å². The van der Waals surface area contributed by atoms with Crippen molar-refractivity contribution >= 4 is 28.2 Å². The van der Waals surface area contributed by atoms with E-state index in [2.05, 4.69) is 9.97 Å². The highest BCUT2D eigenvalue weighted by Crippen LogP contribution is 2.54. The number of nitrogens with one attached hydrogen (secondary N) is 1. The predicted molar refractivity (Wildman–Crippen MR) is 104 cm³/mol. The van der Waals surface area contributed by atoms with Gasteiger partial charge >= 0.3 is 6.09 Å². The summed E-state index contributed by atoms with van der Waals surface area (Å²) in [5.74, 6) is -2.92. The number of likely N-dealkylation sites (tertiary alicyclic amines) is 1. The van der Waals surface area contributed by atoms with E-state index in [4.69, 9.17) is 9.15 Å². The Morgan fingerprint density at radius 1 is 1.37 bits per heavy atom. The van der Waals surface area contributed by atoms with Crippen molar-refractivity contribution in [2.45, 2.75) is 38.7 Å². The van der Waals surface area contributed by atoms with Gasteiger partial charge in [0.2, 0.25) is 5.58 Å². The Morgan fingerprint density at radius 3 is 2.67 bits per heavy atom. The second kappa shape index (κ2) is 6.16. The maximum Gasteiger partial charge on any atom is 0.408 e. The number of hydrogen-bond acceptors (Lipinski definition) is 5. The third-order valence-electron chi connectivity index (χ3n) is 5.76. The van der Waals surface area contributed by atoms with Gasteiger partial charge in [0.25, 0.3) is 11.5 Å². The van der Waals surface area contributed by atoms with Crippen LogP contribution >= 0.6 is 0 Å². The number of ether oxygens (including phenoxy) is 1. The fourth-order valence-corrected chi connectivity index (χ4v) is 4.32. The molecule has 30 heavy (non-hydrogen) atoms. The van der Waals surface area contributed by atoms with Gasteiger partial charge in [-0.1, -0.05) is 20.8 Å². The number of aromatic nitrogens is 2. The summed E-state index contributed by atoms with van der Waals surface area (Å²) in [6.45, 7) is 3.95. The number of furan rings is 1. The first-order valence-electron chi connectivity index (χ1n) is 9.29. The monoisotopic (exact) mass is 421 g/mol. The first-order chi connectivity index (χ1) is 13.9. The number of rotatable bonds is 2. The van der Waals surface area contributed by atoms with E-state index >= 15 is 0 Å². The molecule has 0 radical (unpaired) electrons. The van der Waals surface area contributed by atoms with Crippen molar-refractivity contribution in [2.75, 3.05) is 13.7 Å². The van der Waals surface area contributed by atoms with Crippen LogP contribution in [0.25, 0.3) is 22.1 Å². The van der Waals surface area contributed by atoms with Crippen LogP contribution in [0.1, 0.15) is 33.0 Å². The minimum Gasteiger partial charge on any atom is -0.497 e. The number of aromatic amines is 1. The molecule has 2 aromatic heterocycles. The van der Waals surface area contributed by atoms with Crippen molar-refractivity contribution in [3.8, 4) is 5.75 Å². The van der Waals surface area contributed by atoms with Crippen molar-refractivity contribution in [2.24, 2.45) is 5.41 Å². The lowest BCUT2D eigenvalue weighted by atomic mass is 9.70. The van der Waals surface area contributed by atoms with Gasteiger partial charge < -0.3 is 19.2 Å². The van der Waals surface area contributed by atoms with E-state index in [-0.39, 0.29) is 16.9 Å². The van der Waals surface area contributed by atoms with Crippen LogP contribution in [0.3, 0.4) is 0 Å². The maximum absolute atomic E-state index is 14.5. The number of H-pyrrole nitrogens is 1. The van der Waals surface area contributed by atoms with Gasteiger partial charge in [-0.2, -0.15) is 0 Å². The molecule has 1 fully saturated rings. The number of halogens is 2. The molecule has 8 nitrogen and oxygen atoms in total. The first-order valence-corrected chi connectivity index (χ1v) is 9.29. The lowest BCUT2D eigenvalue weighted by molar-refractivity contribution is 0.000543. The van der Waals surface area contributed by atoms with E-state index in [1.54, 1.807) is 39.0 Å². The number of methoxy groups -OCH3 is 1. The van der Waals surface area contributed by atoms with E-state index in [0.717, 1.165) is 0 Å². The SMILES string of the molecule is COc1ccc2oc3c(=O)[nH]c([C@]4(C(C)(C)C)CC(F)(F)CN4C(=O)O)nc3c2c1. The minimum absolute atomic E-state index is 0.0716. The number of fused-ring (bicyclic) bond motifs is 3. The Kier molecular flexibility index (Phi) is 4.13. The van der Waals surface area contributed by atoms with Crippen LogP contribution in [0.2, 0.25) is 0 Å². The van der Waals surface area contributed by atoms with Crippen LogP contribution in [0.15, 0.2) is 27.4 Å². The number of nitrogens with zero attached hydrogens (tertiary/aromatic N) is 2. The maximum atomic E-state index is 14.5. The predicted octanol–water partition coefficient (Wildman–Crippen LogP) is 3.94. The largest absolute Gasteiger partial charge is 0.497 e. The van der Waals surface area contributed by atoms with E-state index in [1.165, 1.54) is 7.11 Å². The average molecular weight is 421 g/mol. The van der Waals surface area contributed by atoms with Gasteiger partial charge in [-0.15, -0.1) is 0 Å². The molecule has 0 unspecified atom stereocenters. The lowest BCUT2D eigenvalue weighted by Crippen LogP contribution is -2.54. The van der Waals surface area contributed by atoms with E-state index in [0.29, 0.717) is 21.6 Å². The second-order valence-corrected chi connectivity index (χ2v) is 8.57. The molecule has 1 aliphatic rings. The number of amides is 1. The summed E-state index contributed by atoms with van der Waals surface area (Å²) in [5, 5.41) is 10.2. The third kappa shape index (κ3) is 2.73. The Morgan fingerprint density at radius 2 is 2.07 bits per heavy atom. The summed E-state index contributed by atoms with van der Waals surface area (Å²) >= 11 is 0. The van der Waals surface area contributed by atoms with Gasteiger partial charge in [0.15, 0.2) is 0 Å². The summed E-state index contributed by atoms with van der Waals surface area (Å²) in [6.07, 6.45) is -2.31. The van der Waals surface area contributed by atoms with Gasteiger partial charge in [-0.05, 0) is 23.6 Å². The second-order valence-electron chi connectivity index (χ2n) is 8.57. The standard InChI is InChI=1S/C20H21F2N3O5/c1-18(2,3)20(8-19(21,22)9-25(20)17(27)28)16-23-13-11-7-10(29-4)5-6-12(11)30-14(13)15(26)24-16/h5-7H,8-9H2,1-4H3,(H,27,28)(H,23,24,26)/t20-/m0/s1. The molecule has 3 aromatic rings. The Labute approximate surface area is 169 Å². The minimum atomic E-state index is -3.28. The molecule has 1 saturated heterocycles. The van der Waals surface area contributed by atoms with Crippen molar-refractivity contribution in [1.82, 2.24) is 14.9 Å². The zero-order valence-electron chi connectivity index (χ0n) is 16.9. The molecule has 10 heteroatoms. The van der Waals surface area contributed by atoms with E-state index < -0.39 is 41.5 Å². The fourth-order valence-electron chi connectivity index (χ4n) is 4.32. The molecule has 2 N–H and O–H groups in total. The number of benzene rings is 1. The fraction of sp³-hybridized carbons (Fsp3) is 0.450. The van der Waals surface area contributed by atoms with Crippen LogP contribution in [0.4, 0.5) is 13.6 Å². The lowest BCUT2D eigenvalue weighted by Gasteiger charge is -2.45. The summed E-state index contributed by atoms with van der Waals surface area (Å²) in [6, 6.07) is 4.89. The highest BCUT2D eigenvalue weighted by molar-refractivity contribution is 6.02. The molecule has 0 aliphatic carbocycles.